The molecule has 0 saturated carbocycles. The van der Waals surface area contributed by atoms with Crippen LogP contribution in [0.2, 0.25) is 0 Å². The van der Waals surface area contributed by atoms with Crippen LogP contribution in [-0.2, 0) is 11.3 Å². The molecule has 2 saturated heterocycles. The lowest BCUT2D eigenvalue weighted by Gasteiger charge is -2.37. The van der Waals surface area contributed by atoms with Crippen LogP contribution in [0.3, 0.4) is 0 Å². The predicted molar refractivity (Wildman–Crippen MR) is 89.4 cm³/mol. The summed E-state index contributed by atoms with van der Waals surface area (Å²) >= 11 is 0. The third kappa shape index (κ3) is 4.11. The fraction of sp³-hybridized carbons (Fsp3) is 0.632. The Morgan fingerprint density at radius 2 is 1.91 bits per heavy atom. The molecule has 3 rings (SSSR count). The van der Waals surface area contributed by atoms with E-state index in [0.717, 1.165) is 51.0 Å². The van der Waals surface area contributed by atoms with E-state index < -0.39 is 0 Å². The van der Waals surface area contributed by atoms with Crippen molar-refractivity contribution in [1.82, 2.24) is 9.80 Å². The van der Waals surface area contributed by atoms with E-state index in [1.165, 1.54) is 12.5 Å². The Morgan fingerprint density at radius 1 is 1.17 bits per heavy atom. The van der Waals surface area contributed by atoms with Gasteiger partial charge >= 0.3 is 0 Å². The van der Waals surface area contributed by atoms with Crippen LogP contribution in [0.25, 0.3) is 0 Å². The maximum absolute atomic E-state index is 13.7. The van der Waals surface area contributed by atoms with Gasteiger partial charge in [-0.15, -0.1) is 0 Å². The van der Waals surface area contributed by atoms with E-state index in [9.17, 15) is 9.18 Å². The predicted octanol–water partition coefficient (Wildman–Crippen LogP) is 3.30. The molecule has 4 heteroatoms. The number of carbonyl (C=O) groups excluding carboxylic acids is 1. The number of hydrogen-bond donors (Lipinski definition) is 0. The molecule has 0 aromatic heterocycles. The van der Waals surface area contributed by atoms with Gasteiger partial charge < -0.3 is 4.90 Å². The van der Waals surface area contributed by atoms with Crippen LogP contribution >= 0.6 is 0 Å². The quantitative estimate of drug-likeness (QED) is 0.854. The van der Waals surface area contributed by atoms with Gasteiger partial charge in [0.1, 0.15) is 5.82 Å². The number of carbonyl (C=O) groups is 1. The van der Waals surface area contributed by atoms with E-state index in [1.807, 2.05) is 12.1 Å². The minimum atomic E-state index is -0.131. The summed E-state index contributed by atoms with van der Waals surface area (Å²) in [5, 5.41) is 0. The van der Waals surface area contributed by atoms with E-state index >= 15 is 0 Å². The fourth-order valence-electron chi connectivity index (χ4n) is 3.85. The normalized spacial score (nSPS) is 23.9. The molecular weight excluding hydrogens is 291 g/mol. The molecule has 0 spiro atoms. The lowest BCUT2D eigenvalue weighted by atomic mass is 9.92. The lowest BCUT2D eigenvalue weighted by Crippen LogP contribution is -2.45. The van der Waals surface area contributed by atoms with Crippen LogP contribution in [0.5, 0.6) is 0 Å². The van der Waals surface area contributed by atoms with Crippen molar-refractivity contribution in [3.05, 3.63) is 35.6 Å². The van der Waals surface area contributed by atoms with Gasteiger partial charge in [-0.3, -0.25) is 9.69 Å². The molecule has 1 atom stereocenters. The molecule has 0 aliphatic carbocycles. The van der Waals surface area contributed by atoms with E-state index in [4.69, 9.17) is 0 Å². The van der Waals surface area contributed by atoms with Crippen molar-refractivity contribution in [3.8, 4) is 0 Å². The number of amides is 1. The molecule has 126 valence electrons. The van der Waals surface area contributed by atoms with Gasteiger partial charge in [-0.25, -0.2) is 4.39 Å². The van der Waals surface area contributed by atoms with Crippen LogP contribution in [0, 0.1) is 17.7 Å². The maximum atomic E-state index is 13.7. The summed E-state index contributed by atoms with van der Waals surface area (Å²) in [6.45, 7) is 6.50. The Labute approximate surface area is 138 Å². The minimum absolute atomic E-state index is 0.131. The zero-order valence-electron chi connectivity index (χ0n) is 14.0. The Kier molecular flexibility index (Phi) is 5.31. The number of rotatable bonds is 3. The third-order valence-corrected chi connectivity index (χ3v) is 5.26. The van der Waals surface area contributed by atoms with Crippen LogP contribution < -0.4 is 0 Å². The van der Waals surface area contributed by atoms with Gasteiger partial charge in [0.25, 0.3) is 0 Å². The Balaban J connectivity index is 1.50. The molecule has 0 bridgehead atoms. The van der Waals surface area contributed by atoms with Crippen LogP contribution in [0.4, 0.5) is 4.39 Å². The Hall–Kier alpha value is -1.42. The number of benzene rings is 1. The average molecular weight is 318 g/mol. The number of hydrogen-bond acceptors (Lipinski definition) is 2. The number of nitrogens with zero attached hydrogens (tertiary/aromatic N) is 2. The fourth-order valence-corrected chi connectivity index (χ4v) is 3.85. The first-order valence-corrected chi connectivity index (χ1v) is 8.88. The standard InChI is InChI=1S/C19H27FN2O/c1-15-5-4-10-22(13-15)19(23)16-8-11-21(12-9-16)14-17-6-2-3-7-18(17)20/h2-3,6-7,15-16H,4-5,8-14H2,1H3. The monoisotopic (exact) mass is 318 g/mol. The first-order valence-electron chi connectivity index (χ1n) is 8.88. The van der Waals surface area contributed by atoms with Crippen molar-refractivity contribution in [2.45, 2.75) is 39.2 Å². The van der Waals surface area contributed by atoms with Gasteiger partial charge in [-0.1, -0.05) is 25.1 Å². The Bertz CT molecular complexity index is 540. The summed E-state index contributed by atoms with van der Waals surface area (Å²) in [4.78, 5) is 17.0. The van der Waals surface area contributed by atoms with Crippen LogP contribution in [0.15, 0.2) is 24.3 Å². The summed E-state index contributed by atoms with van der Waals surface area (Å²) in [6, 6.07) is 6.97. The number of likely N-dealkylation sites (tertiary alicyclic amines) is 2. The average Bonchev–Trinajstić information content (AvgIpc) is 2.57. The van der Waals surface area contributed by atoms with E-state index in [0.29, 0.717) is 18.4 Å². The molecule has 2 fully saturated rings. The van der Waals surface area contributed by atoms with E-state index in [-0.39, 0.29) is 11.7 Å². The second-order valence-electron chi connectivity index (χ2n) is 7.17. The summed E-state index contributed by atoms with van der Waals surface area (Å²) in [7, 11) is 0. The molecule has 1 aromatic rings. The molecule has 2 aliphatic rings. The zero-order valence-corrected chi connectivity index (χ0v) is 14.0. The molecule has 0 N–H and O–H groups in total. The smallest absolute Gasteiger partial charge is 0.225 e. The highest BCUT2D eigenvalue weighted by Crippen LogP contribution is 2.24. The van der Waals surface area contributed by atoms with Gasteiger partial charge in [-0.2, -0.15) is 0 Å². The zero-order chi connectivity index (χ0) is 16.2. The summed E-state index contributed by atoms with van der Waals surface area (Å²) in [5.74, 6) is 1.01. The van der Waals surface area contributed by atoms with Crippen molar-refractivity contribution in [2.24, 2.45) is 11.8 Å². The first-order chi connectivity index (χ1) is 11.1. The van der Waals surface area contributed by atoms with Gasteiger partial charge in [0.15, 0.2) is 0 Å². The van der Waals surface area contributed by atoms with Crippen molar-refractivity contribution in [2.75, 3.05) is 26.2 Å². The highest BCUT2D eigenvalue weighted by atomic mass is 19.1. The van der Waals surface area contributed by atoms with Crippen molar-refractivity contribution >= 4 is 5.91 Å². The highest BCUT2D eigenvalue weighted by molar-refractivity contribution is 5.79. The van der Waals surface area contributed by atoms with Gasteiger partial charge in [0.05, 0.1) is 0 Å². The second kappa shape index (κ2) is 7.43. The van der Waals surface area contributed by atoms with E-state index in [2.05, 4.69) is 16.7 Å². The van der Waals surface area contributed by atoms with Gasteiger partial charge in [-0.05, 0) is 50.8 Å². The molecule has 2 heterocycles. The SMILES string of the molecule is CC1CCCN(C(=O)C2CCN(Cc3ccccc3F)CC2)C1. The molecule has 3 nitrogen and oxygen atoms in total. The topological polar surface area (TPSA) is 23.6 Å². The van der Waals surface area contributed by atoms with E-state index in [1.54, 1.807) is 6.07 Å². The molecule has 0 radical (unpaired) electrons. The molecule has 1 unspecified atom stereocenters. The molecule has 1 amide bonds. The second-order valence-corrected chi connectivity index (χ2v) is 7.17. The first kappa shape index (κ1) is 16.4. The molecule has 2 aliphatic heterocycles. The van der Waals surface area contributed by atoms with Crippen LogP contribution in [0.1, 0.15) is 38.2 Å². The third-order valence-electron chi connectivity index (χ3n) is 5.26. The van der Waals surface area contributed by atoms with Crippen molar-refractivity contribution in [3.63, 3.8) is 0 Å². The van der Waals surface area contributed by atoms with Crippen molar-refractivity contribution in [1.29, 1.82) is 0 Å². The summed E-state index contributed by atoms with van der Waals surface area (Å²) in [5.41, 5.74) is 0.752. The van der Waals surface area contributed by atoms with Crippen LogP contribution in [-0.4, -0.2) is 41.9 Å². The molecule has 23 heavy (non-hydrogen) atoms. The highest BCUT2D eigenvalue weighted by Gasteiger charge is 2.30. The summed E-state index contributed by atoms with van der Waals surface area (Å²) in [6.07, 6.45) is 4.18. The largest absolute Gasteiger partial charge is 0.342 e. The number of piperidine rings is 2. The number of halogens is 1. The molecule has 1 aromatic carbocycles. The Morgan fingerprint density at radius 3 is 2.61 bits per heavy atom. The summed E-state index contributed by atoms with van der Waals surface area (Å²) < 4.78 is 13.7. The van der Waals surface area contributed by atoms with Gasteiger partial charge in [0, 0.05) is 31.1 Å². The minimum Gasteiger partial charge on any atom is -0.342 e. The van der Waals surface area contributed by atoms with Crippen molar-refractivity contribution < 1.29 is 9.18 Å². The molecular formula is C19H27FN2O. The lowest BCUT2D eigenvalue weighted by molar-refractivity contribution is -0.138. The van der Waals surface area contributed by atoms with Gasteiger partial charge in [0.2, 0.25) is 5.91 Å². The maximum Gasteiger partial charge on any atom is 0.225 e.